The molecule has 77 heavy (non-hydrogen) atoms. The number of hydrogen-bond acceptors (Lipinski definition) is 11. The van der Waals surface area contributed by atoms with Gasteiger partial charge in [-0.3, -0.25) is 14.4 Å². The number of aliphatic hydroxyl groups excluding tert-OH is 2. The van der Waals surface area contributed by atoms with Crippen molar-refractivity contribution in [2.45, 2.75) is 314 Å². The van der Waals surface area contributed by atoms with E-state index in [1.54, 1.807) is 0 Å². The minimum atomic E-state index is -1.90. The van der Waals surface area contributed by atoms with Crippen LogP contribution in [-0.4, -0.2) is 89.2 Å². The predicted molar refractivity (Wildman–Crippen MR) is 312 cm³/mol. The number of esters is 3. The molecule has 1 aliphatic rings. The first kappa shape index (κ1) is 71.4. The molecule has 1 saturated heterocycles. The van der Waals surface area contributed by atoms with Crippen molar-refractivity contribution >= 4 is 23.9 Å². The zero-order valence-corrected chi connectivity index (χ0v) is 49.0. The maximum absolute atomic E-state index is 13.1. The summed E-state index contributed by atoms with van der Waals surface area (Å²) >= 11 is 0. The van der Waals surface area contributed by atoms with E-state index in [-0.39, 0.29) is 25.9 Å². The zero-order chi connectivity index (χ0) is 56.1. The van der Waals surface area contributed by atoms with Crippen LogP contribution < -0.4 is 0 Å². The molecule has 0 spiro atoms. The molecule has 1 heterocycles. The molecular weight excluding hydrogens is 973 g/mol. The van der Waals surface area contributed by atoms with Crippen LogP contribution in [0.3, 0.4) is 0 Å². The van der Waals surface area contributed by atoms with Crippen LogP contribution in [-0.2, 0) is 42.9 Å². The van der Waals surface area contributed by atoms with Gasteiger partial charge in [0.1, 0.15) is 18.8 Å². The van der Waals surface area contributed by atoms with Gasteiger partial charge in [-0.25, -0.2) is 4.79 Å². The molecule has 12 heteroatoms. The molecule has 0 aromatic rings. The van der Waals surface area contributed by atoms with E-state index in [2.05, 4.69) is 81.5 Å². The minimum absolute atomic E-state index is 0.0556. The lowest BCUT2D eigenvalue weighted by Crippen LogP contribution is -2.61. The largest absolute Gasteiger partial charge is 0.479 e. The van der Waals surface area contributed by atoms with E-state index in [1.807, 2.05) is 0 Å². The molecule has 0 aromatic carbocycles. The smallest absolute Gasteiger partial charge is 0.335 e. The number of carbonyl (C=O) groups is 4. The molecule has 0 bridgehead atoms. The van der Waals surface area contributed by atoms with Crippen LogP contribution in [0.2, 0.25) is 0 Å². The summed E-state index contributed by atoms with van der Waals surface area (Å²) in [4.78, 5) is 51.2. The number of aliphatic carboxylic acids is 1. The summed E-state index contributed by atoms with van der Waals surface area (Å²) in [5, 5.41) is 31.5. The third kappa shape index (κ3) is 43.0. The van der Waals surface area contributed by atoms with Gasteiger partial charge in [0.05, 0.1) is 6.61 Å². The van der Waals surface area contributed by atoms with Crippen LogP contribution in [0, 0.1) is 0 Å². The zero-order valence-electron chi connectivity index (χ0n) is 49.0. The fourth-order valence-electron chi connectivity index (χ4n) is 9.30. The highest BCUT2D eigenvalue weighted by molar-refractivity contribution is 5.74. The van der Waals surface area contributed by atoms with Gasteiger partial charge in [0.25, 0.3) is 0 Å². The fourth-order valence-corrected chi connectivity index (χ4v) is 9.30. The number of carbonyl (C=O) groups excluding carboxylic acids is 3. The highest BCUT2D eigenvalue weighted by Crippen LogP contribution is 2.27. The predicted octanol–water partition coefficient (Wildman–Crippen LogP) is 16.3. The van der Waals surface area contributed by atoms with Crippen molar-refractivity contribution in [1.29, 1.82) is 0 Å². The molecular formula is C65H112O12. The summed E-state index contributed by atoms with van der Waals surface area (Å²) in [5.41, 5.74) is 0. The average molecular weight is 1090 g/mol. The van der Waals surface area contributed by atoms with Gasteiger partial charge in [-0.2, -0.15) is 0 Å². The topological polar surface area (TPSA) is 175 Å². The quantitative estimate of drug-likeness (QED) is 0.0228. The summed E-state index contributed by atoms with van der Waals surface area (Å²) in [6.07, 6.45) is 53.2. The molecule has 6 atom stereocenters. The Morgan fingerprint density at radius 2 is 0.818 bits per heavy atom. The van der Waals surface area contributed by atoms with Crippen LogP contribution in [0.25, 0.3) is 0 Å². The molecule has 0 amide bonds. The van der Waals surface area contributed by atoms with Crippen molar-refractivity contribution in [3.05, 3.63) is 60.8 Å². The number of hydrogen-bond donors (Lipinski definition) is 3. The molecule has 12 nitrogen and oxygen atoms in total. The van der Waals surface area contributed by atoms with E-state index in [4.69, 9.17) is 23.7 Å². The van der Waals surface area contributed by atoms with Gasteiger partial charge in [-0.1, -0.05) is 236 Å². The summed E-state index contributed by atoms with van der Waals surface area (Å²) in [5.74, 6) is -3.12. The lowest BCUT2D eigenvalue weighted by molar-refractivity contribution is -0.301. The number of allylic oxidation sites excluding steroid dienone is 10. The van der Waals surface area contributed by atoms with Crippen molar-refractivity contribution < 1.29 is 58.2 Å². The van der Waals surface area contributed by atoms with Gasteiger partial charge in [0.15, 0.2) is 24.6 Å². The first-order chi connectivity index (χ1) is 37.6. The highest BCUT2D eigenvalue weighted by Gasteiger charge is 2.50. The number of carboxylic acids is 1. The third-order valence-corrected chi connectivity index (χ3v) is 14.1. The minimum Gasteiger partial charge on any atom is -0.479 e. The first-order valence-corrected chi connectivity index (χ1v) is 31.3. The van der Waals surface area contributed by atoms with Gasteiger partial charge in [0, 0.05) is 19.3 Å². The Morgan fingerprint density at radius 3 is 1.27 bits per heavy atom. The Balaban J connectivity index is 2.63. The maximum atomic E-state index is 13.1. The Morgan fingerprint density at radius 1 is 0.442 bits per heavy atom. The standard InChI is InChI=1S/C65H112O12/c1-4-7-10-13-16-19-22-24-26-28-29-31-33-35-38-41-44-47-50-53-59(68)76-63-61(70)60(69)62(64(71)72)77-65(63)74-55-56(75-58(67)52-49-46-43-40-36-21-18-15-12-9-6-3)54-73-57(66)51-48-45-42-39-37-34-32-30-27-25-23-20-17-14-11-8-5-2/h8,11,16-17,19-20,24-27,56,60-63,65,69-70H,4-7,9-10,12-15,18,21-23,28-55H2,1-3H3,(H,71,72)/b11-8-,19-16-,20-17-,26-24-,27-25-. The van der Waals surface area contributed by atoms with E-state index in [9.17, 15) is 34.5 Å². The van der Waals surface area contributed by atoms with Crippen LogP contribution in [0.5, 0.6) is 0 Å². The monoisotopic (exact) mass is 1080 g/mol. The second-order valence-electron chi connectivity index (χ2n) is 21.3. The molecule has 3 N–H and O–H groups in total. The van der Waals surface area contributed by atoms with Gasteiger partial charge < -0.3 is 39.0 Å². The van der Waals surface area contributed by atoms with Gasteiger partial charge >= 0.3 is 23.9 Å². The Hall–Kier alpha value is -3.58. The lowest BCUT2D eigenvalue weighted by atomic mass is 9.98. The average Bonchev–Trinajstić information content (AvgIpc) is 3.41. The number of unbranched alkanes of at least 4 members (excludes halogenated alkanes) is 29. The third-order valence-electron chi connectivity index (χ3n) is 14.1. The molecule has 6 unspecified atom stereocenters. The van der Waals surface area contributed by atoms with Crippen LogP contribution in [0.4, 0.5) is 0 Å². The second-order valence-corrected chi connectivity index (χ2v) is 21.3. The van der Waals surface area contributed by atoms with Crippen LogP contribution >= 0.6 is 0 Å². The van der Waals surface area contributed by atoms with Crippen molar-refractivity contribution in [1.82, 2.24) is 0 Å². The van der Waals surface area contributed by atoms with E-state index in [0.717, 1.165) is 109 Å². The Bertz CT molecular complexity index is 1570. The number of carboxylic acid groups (broad SMARTS) is 1. The molecule has 0 radical (unpaired) electrons. The molecule has 0 saturated carbocycles. The van der Waals surface area contributed by atoms with Crippen molar-refractivity contribution in [3.8, 4) is 0 Å². The van der Waals surface area contributed by atoms with Gasteiger partial charge in [-0.05, 0) is 83.5 Å². The SMILES string of the molecule is CC/C=C\C/C=C\C/C=C\CCCCCCCCCC(=O)OCC(COC1OC(C(=O)O)C(O)C(O)C1OC(=O)CCCCCCCCCCC/C=C\C/C=C\CCCCC)OC(=O)CCCCCCCCCCCCC. The molecule has 0 aliphatic carbocycles. The van der Waals surface area contributed by atoms with E-state index < -0.39 is 67.3 Å². The van der Waals surface area contributed by atoms with Crippen LogP contribution in [0.15, 0.2) is 60.8 Å². The van der Waals surface area contributed by atoms with E-state index in [1.165, 1.54) is 109 Å². The van der Waals surface area contributed by atoms with Gasteiger partial charge in [0.2, 0.25) is 0 Å². The summed E-state index contributed by atoms with van der Waals surface area (Å²) < 4.78 is 28.5. The summed E-state index contributed by atoms with van der Waals surface area (Å²) in [6, 6.07) is 0. The normalized spacial score (nSPS) is 18.4. The van der Waals surface area contributed by atoms with Crippen molar-refractivity contribution in [2.24, 2.45) is 0 Å². The van der Waals surface area contributed by atoms with Crippen LogP contribution in [0.1, 0.15) is 278 Å². The molecule has 1 rings (SSSR count). The molecule has 1 fully saturated rings. The summed E-state index contributed by atoms with van der Waals surface area (Å²) in [7, 11) is 0. The number of aliphatic hydroxyl groups is 2. The molecule has 0 aromatic heterocycles. The molecule has 444 valence electrons. The maximum Gasteiger partial charge on any atom is 0.335 e. The van der Waals surface area contributed by atoms with E-state index in [0.29, 0.717) is 19.3 Å². The Kier molecular flexibility index (Phi) is 49.2. The highest BCUT2D eigenvalue weighted by atomic mass is 16.7. The fraction of sp³-hybridized carbons (Fsp3) is 0.785. The van der Waals surface area contributed by atoms with Gasteiger partial charge in [-0.15, -0.1) is 0 Å². The Labute approximate surface area is 468 Å². The van der Waals surface area contributed by atoms with Crippen molar-refractivity contribution in [2.75, 3.05) is 13.2 Å². The number of rotatable bonds is 53. The second kappa shape index (κ2) is 53.1. The first-order valence-electron chi connectivity index (χ1n) is 31.3. The molecule has 1 aliphatic heterocycles. The van der Waals surface area contributed by atoms with Crippen molar-refractivity contribution in [3.63, 3.8) is 0 Å². The number of ether oxygens (including phenoxy) is 5. The lowest BCUT2D eigenvalue weighted by Gasteiger charge is -2.40. The summed E-state index contributed by atoms with van der Waals surface area (Å²) in [6.45, 7) is 5.86. The van der Waals surface area contributed by atoms with E-state index >= 15 is 0 Å².